The van der Waals surface area contributed by atoms with E-state index in [1.165, 1.54) is 4.88 Å². The Hall–Kier alpha value is -1.87. The zero-order valence-electron chi connectivity index (χ0n) is 9.38. The largest absolute Gasteiger partial charge is 0.497 e. The predicted molar refractivity (Wildman–Crippen MR) is 71.6 cm³/mol. The summed E-state index contributed by atoms with van der Waals surface area (Å²) in [5.41, 5.74) is 1.98. The molecule has 0 fully saturated rings. The number of benzene rings is 1. The molecule has 2 nitrogen and oxygen atoms in total. The third-order valence-corrected chi connectivity index (χ3v) is 3.57. The van der Waals surface area contributed by atoms with Crippen LogP contribution in [-0.2, 0) is 0 Å². The fourth-order valence-corrected chi connectivity index (χ4v) is 2.48. The topological polar surface area (TPSA) is 22.1 Å². The molecule has 2 heterocycles. The van der Waals surface area contributed by atoms with Crippen LogP contribution in [0.2, 0.25) is 0 Å². The smallest absolute Gasteiger partial charge is 0.121 e. The highest BCUT2D eigenvalue weighted by molar-refractivity contribution is 7.13. The van der Waals surface area contributed by atoms with Gasteiger partial charge in [-0.3, -0.25) is 0 Å². The lowest BCUT2D eigenvalue weighted by atomic mass is 10.2. The molecule has 1 aromatic carbocycles. The SMILES string of the molecule is COc1ccc2ccc(-c3cccs3)nc2c1. The first-order valence-electron chi connectivity index (χ1n) is 5.35. The van der Waals surface area contributed by atoms with E-state index in [1.807, 2.05) is 24.3 Å². The normalized spacial score (nSPS) is 10.6. The Kier molecular flexibility index (Phi) is 2.53. The Labute approximate surface area is 104 Å². The molecule has 3 aromatic rings. The lowest BCUT2D eigenvalue weighted by Crippen LogP contribution is -1.86. The molecule has 2 aromatic heterocycles. The highest BCUT2D eigenvalue weighted by atomic mass is 32.1. The maximum atomic E-state index is 5.22. The van der Waals surface area contributed by atoms with E-state index in [4.69, 9.17) is 4.74 Å². The fraction of sp³-hybridized carbons (Fsp3) is 0.0714. The number of hydrogen-bond donors (Lipinski definition) is 0. The van der Waals surface area contributed by atoms with Crippen LogP contribution in [0.5, 0.6) is 5.75 Å². The van der Waals surface area contributed by atoms with Crippen LogP contribution in [0.3, 0.4) is 0 Å². The van der Waals surface area contributed by atoms with Gasteiger partial charge in [-0.25, -0.2) is 4.98 Å². The molecule has 0 atom stereocenters. The van der Waals surface area contributed by atoms with Crippen molar-refractivity contribution in [3.63, 3.8) is 0 Å². The Bertz CT molecular complexity index is 646. The summed E-state index contributed by atoms with van der Waals surface area (Å²) in [5, 5.41) is 3.19. The quantitative estimate of drug-likeness (QED) is 0.677. The first-order valence-corrected chi connectivity index (χ1v) is 6.23. The maximum absolute atomic E-state index is 5.22. The van der Waals surface area contributed by atoms with Crippen molar-refractivity contribution < 1.29 is 4.74 Å². The Morgan fingerprint density at radius 1 is 1.12 bits per heavy atom. The second-order valence-corrected chi connectivity index (χ2v) is 4.68. The standard InChI is InChI=1S/C14H11NOS/c1-16-11-6-4-10-5-7-12(15-13(10)9-11)14-3-2-8-17-14/h2-9H,1H3. The number of aromatic nitrogens is 1. The summed E-state index contributed by atoms with van der Waals surface area (Å²) in [6, 6.07) is 14.2. The summed E-state index contributed by atoms with van der Waals surface area (Å²) in [4.78, 5) is 5.85. The highest BCUT2D eigenvalue weighted by Crippen LogP contribution is 2.26. The molecule has 0 aliphatic carbocycles. The maximum Gasteiger partial charge on any atom is 0.121 e. The molecule has 3 rings (SSSR count). The molecule has 0 aliphatic rings. The summed E-state index contributed by atoms with van der Waals surface area (Å²) in [6.07, 6.45) is 0. The van der Waals surface area contributed by atoms with E-state index in [0.29, 0.717) is 0 Å². The number of ether oxygens (including phenoxy) is 1. The zero-order chi connectivity index (χ0) is 11.7. The van der Waals surface area contributed by atoms with Gasteiger partial charge in [0.05, 0.1) is 23.2 Å². The second kappa shape index (κ2) is 4.18. The Morgan fingerprint density at radius 3 is 2.76 bits per heavy atom. The van der Waals surface area contributed by atoms with Crippen molar-refractivity contribution in [2.24, 2.45) is 0 Å². The third-order valence-electron chi connectivity index (χ3n) is 2.67. The van der Waals surface area contributed by atoms with Crippen molar-refractivity contribution in [3.8, 4) is 16.3 Å². The van der Waals surface area contributed by atoms with Crippen LogP contribution >= 0.6 is 11.3 Å². The van der Waals surface area contributed by atoms with Crippen molar-refractivity contribution in [2.45, 2.75) is 0 Å². The Morgan fingerprint density at radius 2 is 2.00 bits per heavy atom. The van der Waals surface area contributed by atoms with Gasteiger partial charge in [0, 0.05) is 11.5 Å². The second-order valence-electron chi connectivity index (χ2n) is 3.73. The molecule has 0 spiro atoms. The first kappa shape index (κ1) is 10.3. The van der Waals surface area contributed by atoms with E-state index in [9.17, 15) is 0 Å². The zero-order valence-corrected chi connectivity index (χ0v) is 10.2. The fourth-order valence-electron chi connectivity index (χ4n) is 1.79. The van der Waals surface area contributed by atoms with Gasteiger partial charge in [0.2, 0.25) is 0 Å². The van der Waals surface area contributed by atoms with E-state index in [1.54, 1.807) is 18.4 Å². The number of fused-ring (bicyclic) bond motifs is 1. The molecule has 0 aliphatic heterocycles. The average molecular weight is 241 g/mol. The average Bonchev–Trinajstić information content (AvgIpc) is 2.91. The van der Waals surface area contributed by atoms with Crippen LogP contribution in [0.4, 0.5) is 0 Å². The number of hydrogen-bond acceptors (Lipinski definition) is 3. The molecule has 0 amide bonds. The molecular formula is C14H11NOS. The number of thiophene rings is 1. The minimum absolute atomic E-state index is 0.841. The minimum atomic E-state index is 0.841. The summed E-state index contributed by atoms with van der Waals surface area (Å²) < 4.78 is 5.22. The molecule has 0 unspecified atom stereocenters. The van der Waals surface area contributed by atoms with Gasteiger partial charge < -0.3 is 4.74 Å². The molecule has 0 bridgehead atoms. The van der Waals surface area contributed by atoms with Gasteiger partial charge in [-0.05, 0) is 29.6 Å². The van der Waals surface area contributed by atoms with Crippen LogP contribution < -0.4 is 4.74 Å². The number of pyridine rings is 1. The van der Waals surface area contributed by atoms with E-state index in [2.05, 4.69) is 28.6 Å². The molecular weight excluding hydrogens is 230 g/mol. The van der Waals surface area contributed by atoms with Crippen molar-refractivity contribution in [1.29, 1.82) is 0 Å². The summed E-state index contributed by atoms with van der Waals surface area (Å²) in [6.45, 7) is 0. The monoisotopic (exact) mass is 241 g/mol. The Balaban J connectivity index is 2.17. The van der Waals surface area contributed by atoms with Crippen molar-refractivity contribution in [3.05, 3.63) is 47.8 Å². The van der Waals surface area contributed by atoms with Gasteiger partial charge in [-0.15, -0.1) is 11.3 Å². The van der Waals surface area contributed by atoms with Gasteiger partial charge in [0.1, 0.15) is 5.75 Å². The molecule has 0 saturated heterocycles. The third kappa shape index (κ3) is 1.89. The predicted octanol–water partition coefficient (Wildman–Crippen LogP) is 3.97. The van der Waals surface area contributed by atoms with E-state index in [-0.39, 0.29) is 0 Å². The van der Waals surface area contributed by atoms with Crippen LogP contribution in [-0.4, -0.2) is 12.1 Å². The van der Waals surface area contributed by atoms with Crippen molar-refractivity contribution in [1.82, 2.24) is 4.98 Å². The molecule has 0 radical (unpaired) electrons. The van der Waals surface area contributed by atoms with Crippen molar-refractivity contribution in [2.75, 3.05) is 7.11 Å². The number of methoxy groups -OCH3 is 1. The molecule has 0 saturated carbocycles. The molecule has 17 heavy (non-hydrogen) atoms. The van der Waals surface area contributed by atoms with E-state index < -0.39 is 0 Å². The molecule has 3 heteroatoms. The summed E-state index contributed by atoms with van der Waals surface area (Å²) in [7, 11) is 1.67. The lowest BCUT2D eigenvalue weighted by Gasteiger charge is -2.03. The van der Waals surface area contributed by atoms with Crippen LogP contribution in [0, 0.1) is 0 Å². The van der Waals surface area contributed by atoms with Crippen molar-refractivity contribution >= 4 is 22.2 Å². The van der Waals surface area contributed by atoms with Gasteiger partial charge in [-0.1, -0.05) is 12.1 Å². The first-order chi connectivity index (χ1) is 8.36. The van der Waals surface area contributed by atoms with Crippen LogP contribution in [0.15, 0.2) is 47.8 Å². The molecule has 84 valence electrons. The van der Waals surface area contributed by atoms with E-state index >= 15 is 0 Å². The number of rotatable bonds is 2. The minimum Gasteiger partial charge on any atom is -0.497 e. The van der Waals surface area contributed by atoms with Gasteiger partial charge in [0.15, 0.2) is 0 Å². The van der Waals surface area contributed by atoms with Gasteiger partial charge >= 0.3 is 0 Å². The van der Waals surface area contributed by atoms with Crippen LogP contribution in [0.25, 0.3) is 21.5 Å². The van der Waals surface area contributed by atoms with E-state index in [0.717, 1.165) is 22.3 Å². The lowest BCUT2D eigenvalue weighted by molar-refractivity contribution is 0.415. The highest BCUT2D eigenvalue weighted by Gasteiger charge is 2.03. The summed E-state index contributed by atoms with van der Waals surface area (Å²) >= 11 is 1.70. The van der Waals surface area contributed by atoms with Crippen LogP contribution in [0.1, 0.15) is 0 Å². The van der Waals surface area contributed by atoms with Gasteiger partial charge in [0.25, 0.3) is 0 Å². The summed E-state index contributed by atoms with van der Waals surface area (Å²) in [5.74, 6) is 0.841. The number of nitrogens with zero attached hydrogens (tertiary/aromatic N) is 1. The molecule has 0 N–H and O–H groups in total. The van der Waals surface area contributed by atoms with Gasteiger partial charge in [-0.2, -0.15) is 0 Å².